The highest BCUT2D eigenvalue weighted by molar-refractivity contribution is 6.30. The third-order valence-corrected chi connectivity index (χ3v) is 2.60. The Kier molecular flexibility index (Phi) is 7.01. The maximum absolute atomic E-state index is 12.2. The van der Waals surface area contributed by atoms with Crippen LogP contribution in [0, 0.1) is 0 Å². The van der Waals surface area contributed by atoms with Crippen molar-refractivity contribution in [2.24, 2.45) is 0 Å². The first kappa shape index (κ1) is 16.4. The number of hydrogen-bond donors (Lipinski definition) is 0. The summed E-state index contributed by atoms with van der Waals surface area (Å²) < 4.78 is 34.5. The molecule has 0 aromatic heterocycles. The molecule has 6 heteroatoms. The molecule has 0 aliphatic rings. The van der Waals surface area contributed by atoms with Crippen LogP contribution in [-0.2, 0) is 9.53 Å². The summed E-state index contributed by atoms with van der Waals surface area (Å²) in [6.07, 6.45) is -1.42. The molecule has 0 aliphatic carbocycles. The van der Waals surface area contributed by atoms with Gasteiger partial charge in [-0.1, -0.05) is 11.6 Å². The molecule has 0 saturated heterocycles. The fraction of sp³-hybridized carbons (Fsp3) is 0.357. The molecule has 0 saturated carbocycles. The van der Waals surface area contributed by atoms with Crippen LogP contribution in [0.1, 0.15) is 19.8 Å². The topological polar surface area (TPSA) is 35.5 Å². The number of rotatable bonds is 7. The van der Waals surface area contributed by atoms with Crippen molar-refractivity contribution in [3.05, 3.63) is 41.4 Å². The van der Waals surface area contributed by atoms with Crippen LogP contribution in [0.2, 0.25) is 5.02 Å². The van der Waals surface area contributed by atoms with Crippen molar-refractivity contribution in [2.75, 3.05) is 6.61 Å². The predicted molar refractivity (Wildman–Crippen MR) is 72.0 cm³/mol. The first-order valence-electron chi connectivity index (χ1n) is 6.06. The molecule has 0 amide bonds. The van der Waals surface area contributed by atoms with Gasteiger partial charge in [0, 0.05) is 18.0 Å². The summed E-state index contributed by atoms with van der Waals surface area (Å²) in [5.74, 6) is 0.0526. The summed E-state index contributed by atoms with van der Waals surface area (Å²) >= 11 is 5.73. The summed E-state index contributed by atoms with van der Waals surface area (Å²) in [7, 11) is 0. The van der Waals surface area contributed by atoms with Gasteiger partial charge < -0.3 is 9.47 Å². The van der Waals surface area contributed by atoms with Gasteiger partial charge in [0.15, 0.2) is 0 Å². The molecule has 20 heavy (non-hydrogen) atoms. The van der Waals surface area contributed by atoms with Gasteiger partial charge in [0.25, 0.3) is 6.08 Å². The van der Waals surface area contributed by atoms with E-state index in [1.165, 1.54) is 6.92 Å². The number of halogens is 3. The van der Waals surface area contributed by atoms with Gasteiger partial charge >= 0.3 is 5.97 Å². The molecule has 0 bridgehead atoms. The minimum Gasteiger partial charge on any atom is -0.494 e. The Morgan fingerprint density at radius 2 is 2.00 bits per heavy atom. The van der Waals surface area contributed by atoms with Crippen LogP contribution >= 0.6 is 11.6 Å². The fourth-order valence-corrected chi connectivity index (χ4v) is 1.66. The number of benzene rings is 1. The Morgan fingerprint density at radius 1 is 1.35 bits per heavy atom. The SMILES string of the molecule is CC(=O)OC(C=C(F)F)CCCOc1ccc(Cl)cc1. The second kappa shape index (κ2) is 8.53. The van der Waals surface area contributed by atoms with Crippen molar-refractivity contribution in [3.8, 4) is 5.75 Å². The maximum Gasteiger partial charge on any atom is 0.303 e. The van der Waals surface area contributed by atoms with Gasteiger partial charge in [0.2, 0.25) is 0 Å². The van der Waals surface area contributed by atoms with E-state index in [1.54, 1.807) is 24.3 Å². The highest BCUT2D eigenvalue weighted by Gasteiger charge is 2.11. The summed E-state index contributed by atoms with van der Waals surface area (Å²) in [5.41, 5.74) is 0. The third kappa shape index (κ3) is 7.09. The van der Waals surface area contributed by atoms with Gasteiger partial charge in [-0.25, -0.2) is 0 Å². The van der Waals surface area contributed by atoms with Crippen LogP contribution in [0.4, 0.5) is 8.78 Å². The molecule has 0 aliphatic heterocycles. The lowest BCUT2D eigenvalue weighted by molar-refractivity contribution is -0.144. The van der Waals surface area contributed by atoms with Crippen LogP contribution in [0.5, 0.6) is 5.75 Å². The van der Waals surface area contributed by atoms with Gasteiger partial charge in [0.05, 0.1) is 6.61 Å². The molecular weight excluding hydrogens is 290 g/mol. The van der Waals surface area contributed by atoms with E-state index in [4.69, 9.17) is 21.1 Å². The highest BCUT2D eigenvalue weighted by atomic mass is 35.5. The number of carbonyl (C=O) groups is 1. The Balaban J connectivity index is 2.34. The summed E-state index contributed by atoms with van der Waals surface area (Å²) in [6.45, 7) is 1.52. The fourth-order valence-electron chi connectivity index (χ4n) is 1.54. The predicted octanol–water partition coefficient (Wildman–Crippen LogP) is 4.21. The molecular formula is C14H15ClF2O3. The molecule has 1 aromatic carbocycles. The van der Waals surface area contributed by atoms with Gasteiger partial charge in [-0.15, -0.1) is 0 Å². The Hall–Kier alpha value is -1.62. The van der Waals surface area contributed by atoms with E-state index in [-0.39, 0.29) is 6.42 Å². The number of esters is 1. The van der Waals surface area contributed by atoms with E-state index < -0.39 is 18.2 Å². The van der Waals surface area contributed by atoms with Gasteiger partial charge in [0.1, 0.15) is 11.9 Å². The molecule has 3 nitrogen and oxygen atoms in total. The maximum atomic E-state index is 12.2. The summed E-state index contributed by atoms with van der Waals surface area (Å²) in [4.78, 5) is 10.8. The van der Waals surface area contributed by atoms with Crippen LogP contribution in [-0.4, -0.2) is 18.7 Å². The van der Waals surface area contributed by atoms with Crippen LogP contribution < -0.4 is 4.74 Å². The van der Waals surface area contributed by atoms with Crippen LogP contribution in [0.3, 0.4) is 0 Å². The van der Waals surface area contributed by atoms with Gasteiger partial charge in [-0.2, -0.15) is 8.78 Å². The second-order valence-electron chi connectivity index (χ2n) is 4.05. The quantitative estimate of drug-likeness (QED) is 0.559. The van der Waals surface area contributed by atoms with Crippen molar-refractivity contribution >= 4 is 17.6 Å². The largest absolute Gasteiger partial charge is 0.494 e. The zero-order valence-electron chi connectivity index (χ0n) is 10.9. The first-order valence-corrected chi connectivity index (χ1v) is 6.43. The van der Waals surface area contributed by atoms with Gasteiger partial charge in [-0.05, 0) is 37.1 Å². The summed E-state index contributed by atoms with van der Waals surface area (Å²) in [5, 5.41) is 0.607. The average molecular weight is 305 g/mol. The molecule has 110 valence electrons. The van der Waals surface area contributed by atoms with Crippen molar-refractivity contribution in [2.45, 2.75) is 25.9 Å². The minimum absolute atomic E-state index is 0.268. The molecule has 0 fully saturated rings. The average Bonchev–Trinajstić information content (AvgIpc) is 2.35. The lowest BCUT2D eigenvalue weighted by Crippen LogP contribution is -2.15. The van der Waals surface area contributed by atoms with Crippen molar-refractivity contribution < 1.29 is 23.0 Å². The first-order chi connectivity index (χ1) is 9.47. The van der Waals surface area contributed by atoms with E-state index in [2.05, 4.69) is 0 Å². The zero-order chi connectivity index (χ0) is 15.0. The molecule has 1 unspecified atom stereocenters. The van der Waals surface area contributed by atoms with Crippen LogP contribution in [0.15, 0.2) is 36.4 Å². The number of ether oxygens (including phenoxy) is 2. The molecule has 0 N–H and O–H groups in total. The van der Waals surface area contributed by atoms with Gasteiger partial charge in [-0.3, -0.25) is 4.79 Å². The van der Waals surface area contributed by atoms with Crippen molar-refractivity contribution in [1.82, 2.24) is 0 Å². The zero-order valence-corrected chi connectivity index (χ0v) is 11.7. The lowest BCUT2D eigenvalue weighted by Gasteiger charge is -2.13. The van der Waals surface area contributed by atoms with E-state index in [9.17, 15) is 13.6 Å². The smallest absolute Gasteiger partial charge is 0.303 e. The Morgan fingerprint density at radius 3 is 2.55 bits per heavy atom. The third-order valence-electron chi connectivity index (χ3n) is 2.34. The van der Waals surface area contributed by atoms with Crippen LogP contribution in [0.25, 0.3) is 0 Å². The monoisotopic (exact) mass is 304 g/mol. The molecule has 1 atom stereocenters. The molecule has 1 rings (SSSR count). The van der Waals surface area contributed by atoms with E-state index >= 15 is 0 Å². The lowest BCUT2D eigenvalue weighted by atomic mass is 10.2. The molecule has 0 radical (unpaired) electrons. The normalized spacial score (nSPS) is 11.6. The minimum atomic E-state index is -1.87. The summed E-state index contributed by atoms with van der Waals surface area (Å²) in [6, 6.07) is 6.82. The Bertz CT molecular complexity index is 456. The number of carbonyl (C=O) groups excluding carboxylic acids is 1. The van der Waals surface area contributed by atoms with E-state index in [1.807, 2.05) is 0 Å². The molecule has 1 aromatic rings. The Labute approximate surface area is 121 Å². The highest BCUT2D eigenvalue weighted by Crippen LogP contribution is 2.16. The van der Waals surface area contributed by atoms with Crippen molar-refractivity contribution in [3.63, 3.8) is 0 Å². The molecule has 0 heterocycles. The standard InChI is InChI=1S/C14H15ClF2O3/c1-10(18)20-13(9-14(16)17)3-2-8-19-12-6-4-11(15)5-7-12/h4-7,9,13H,2-3,8H2,1H3. The second-order valence-corrected chi connectivity index (χ2v) is 4.49. The van der Waals surface area contributed by atoms with E-state index in [0.29, 0.717) is 29.9 Å². The van der Waals surface area contributed by atoms with E-state index in [0.717, 1.165) is 0 Å². The molecule has 0 spiro atoms. The van der Waals surface area contributed by atoms with Crippen molar-refractivity contribution in [1.29, 1.82) is 0 Å². The number of hydrogen-bond acceptors (Lipinski definition) is 3.